The van der Waals surface area contributed by atoms with Gasteiger partial charge in [0.15, 0.2) is 0 Å². The van der Waals surface area contributed by atoms with Gasteiger partial charge in [-0.05, 0) is 55.6 Å². The Kier molecular flexibility index (Phi) is 9.99. The summed E-state index contributed by atoms with van der Waals surface area (Å²) < 4.78 is 0. The van der Waals surface area contributed by atoms with Gasteiger partial charge in [-0.25, -0.2) is 0 Å². The van der Waals surface area contributed by atoms with Crippen molar-refractivity contribution in [2.45, 2.75) is 37.2 Å². The number of rotatable bonds is 12. The molecule has 0 amide bonds. The SMILES string of the molecule is Oc1c(Cc2ccccc2)cc(CSCc2cc(Cc3ccccc3)c(O)c(Cc3ccccc3)c2)cc1Cc1ccccc1. The number of aromatic hydroxyl groups is 2. The lowest BCUT2D eigenvalue weighted by Gasteiger charge is -2.15. The Morgan fingerprint density at radius 1 is 0.333 bits per heavy atom. The first-order valence-electron chi connectivity index (χ1n) is 15.5. The Morgan fingerprint density at radius 2 is 0.578 bits per heavy atom. The van der Waals surface area contributed by atoms with Gasteiger partial charge in [-0.1, -0.05) is 146 Å². The van der Waals surface area contributed by atoms with Gasteiger partial charge in [-0.15, -0.1) is 0 Å². The number of hydrogen-bond donors (Lipinski definition) is 2. The molecule has 0 aliphatic carbocycles. The molecule has 0 bridgehead atoms. The fraction of sp³-hybridized carbons (Fsp3) is 0.143. The van der Waals surface area contributed by atoms with Crippen molar-refractivity contribution in [3.63, 3.8) is 0 Å². The lowest BCUT2D eigenvalue weighted by Crippen LogP contribution is -1.99. The highest BCUT2D eigenvalue weighted by atomic mass is 32.2. The standard InChI is InChI=1S/C42H38O2S/c43-41-37(21-31-13-5-1-6-14-31)25-35(26-38(41)22-32-15-7-2-8-16-32)29-45-30-36-27-39(23-33-17-9-3-10-18-33)42(44)40(28-36)24-34-19-11-4-12-20-34/h1-20,25-28,43-44H,21-24,29-30H2. The van der Waals surface area contributed by atoms with E-state index >= 15 is 0 Å². The highest BCUT2D eigenvalue weighted by molar-refractivity contribution is 7.97. The van der Waals surface area contributed by atoms with Crippen molar-refractivity contribution < 1.29 is 10.2 Å². The van der Waals surface area contributed by atoms with E-state index in [4.69, 9.17) is 0 Å². The Balaban J connectivity index is 1.25. The molecule has 0 aliphatic heterocycles. The first kappa shape index (κ1) is 30.3. The van der Waals surface area contributed by atoms with Crippen LogP contribution in [0.25, 0.3) is 0 Å². The van der Waals surface area contributed by atoms with Crippen LogP contribution in [-0.2, 0) is 37.2 Å². The Labute approximate surface area is 271 Å². The van der Waals surface area contributed by atoms with E-state index in [1.807, 2.05) is 84.6 Å². The number of thioether (sulfide) groups is 1. The van der Waals surface area contributed by atoms with Crippen molar-refractivity contribution in [1.82, 2.24) is 0 Å². The van der Waals surface area contributed by atoms with E-state index in [-0.39, 0.29) is 0 Å². The van der Waals surface area contributed by atoms with Crippen LogP contribution in [0.15, 0.2) is 146 Å². The second kappa shape index (κ2) is 14.8. The smallest absolute Gasteiger partial charge is 0.122 e. The summed E-state index contributed by atoms with van der Waals surface area (Å²) in [6.07, 6.45) is 2.76. The molecular weight excluding hydrogens is 569 g/mol. The van der Waals surface area contributed by atoms with E-state index in [2.05, 4.69) is 72.8 Å². The molecule has 6 rings (SSSR count). The molecule has 224 valence electrons. The van der Waals surface area contributed by atoms with Gasteiger partial charge in [0.05, 0.1) is 0 Å². The third-order valence-corrected chi connectivity index (χ3v) is 9.22. The predicted molar refractivity (Wildman–Crippen MR) is 188 cm³/mol. The first-order valence-corrected chi connectivity index (χ1v) is 16.7. The van der Waals surface area contributed by atoms with Crippen LogP contribution < -0.4 is 0 Å². The minimum Gasteiger partial charge on any atom is -0.507 e. The summed E-state index contributed by atoms with van der Waals surface area (Å²) in [5.74, 6) is 2.44. The second-order valence-electron chi connectivity index (χ2n) is 11.7. The van der Waals surface area contributed by atoms with E-state index in [1.165, 1.54) is 33.4 Å². The van der Waals surface area contributed by atoms with Crippen LogP contribution >= 0.6 is 11.8 Å². The third-order valence-electron chi connectivity index (χ3n) is 8.14. The van der Waals surface area contributed by atoms with Crippen molar-refractivity contribution in [3.8, 4) is 11.5 Å². The van der Waals surface area contributed by atoms with E-state index in [9.17, 15) is 10.2 Å². The summed E-state index contributed by atoms with van der Waals surface area (Å²) >= 11 is 1.87. The van der Waals surface area contributed by atoms with Gasteiger partial charge < -0.3 is 10.2 Å². The van der Waals surface area contributed by atoms with Crippen LogP contribution in [0.1, 0.15) is 55.6 Å². The molecule has 45 heavy (non-hydrogen) atoms. The maximum atomic E-state index is 11.3. The Hall–Kier alpha value is -4.73. The summed E-state index contributed by atoms with van der Waals surface area (Å²) in [4.78, 5) is 0. The van der Waals surface area contributed by atoms with Crippen LogP contribution in [0.4, 0.5) is 0 Å². The highest BCUT2D eigenvalue weighted by Crippen LogP contribution is 2.33. The van der Waals surface area contributed by atoms with Gasteiger partial charge in [0.1, 0.15) is 11.5 Å². The highest BCUT2D eigenvalue weighted by Gasteiger charge is 2.14. The van der Waals surface area contributed by atoms with Gasteiger partial charge in [0.2, 0.25) is 0 Å². The summed E-state index contributed by atoms with van der Waals surface area (Å²) in [6, 6.07) is 50.1. The van der Waals surface area contributed by atoms with Gasteiger partial charge in [0.25, 0.3) is 0 Å². The van der Waals surface area contributed by atoms with Crippen LogP contribution in [-0.4, -0.2) is 10.2 Å². The zero-order valence-electron chi connectivity index (χ0n) is 25.4. The predicted octanol–water partition coefficient (Wildman–Crippen LogP) is 9.89. The molecule has 3 heteroatoms. The van der Waals surface area contributed by atoms with E-state index in [1.54, 1.807) is 0 Å². The van der Waals surface area contributed by atoms with Crippen molar-refractivity contribution in [2.75, 3.05) is 0 Å². The fourth-order valence-electron chi connectivity index (χ4n) is 5.92. The molecule has 0 saturated heterocycles. The summed E-state index contributed by atoms with van der Waals surface area (Å²) in [6.45, 7) is 0. The van der Waals surface area contributed by atoms with Crippen LogP contribution in [0.2, 0.25) is 0 Å². The lowest BCUT2D eigenvalue weighted by molar-refractivity contribution is 0.463. The van der Waals surface area contributed by atoms with Gasteiger partial charge in [-0.3, -0.25) is 0 Å². The van der Waals surface area contributed by atoms with Gasteiger partial charge >= 0.3 is 0 Å². The zero-order valence-corrected chi connectivity index (χ0v) is 26.2. The van der Waals surface area contributed by atoms with E-state index in [0.29, 0.717) is 37.2 Å². The average Bonchev–Trinajstić information content (AvgIpc) is 3.07. The van der Waals surface area contributed by atoms with Gasteiger partial charge in [-0.2, -0.15) is 11.8 Å². The molecule has 0 radical (unpaired) electrons. The molecule has 2 nitrogen and oxygen atoms in total. The minimum absolute atomic E-state index is 0.395. The summed E-state index contributed by atoms with van der Waals surface area (Å²) in [5, 5.41) is 22.7. The van der Waals surface area contributed by atoms with E-state index < -0.39 is 0 Å². The first-order chi connectivity index (χ1) is 22.1. The molecule has 6 aromatic rings. The maximum Gasteiger partial charge on any atom is 0.122 e. The number of phenolic OH excluding ortho intramolecular Hbond substituents is 2. The lowest BCUT2D eigenvalue weighted by atomic mass is 9.95. The Bertz CT molecular complexity index is 1560. The largest absolute Gasteiger partial charge is 0.507 e. The second-order valence-corrected chi connectivity index (χ2v) is 12.7. The number of benzene rings is 6. The molecular formula is C42H38O2S. The number of phenols is 2. The average molecular weight is 607 g/mol. The fourth-order valence-corrected chi connectivity index (χ4v) is 6.83. The molecule has 0 atom stereocenters. The van der Waals surface area contributed by atoms with Crippen LogP contribution in [0.3, 0.4) is 0 Å². The van der Waals surface area contributed by atoms with Crippen LogP contribution in [0, 0.1) is 0 Å². The Morgan fingerprint density at radius 3 is 0.822 bits per heavy atom. The molecule has 0 spiro atoms. The maximum absolute atomic E-state index is 11.3. The molecule has 0 heterocycles. The minimum atomic E-state index is 0.395. The van der Waals surface area contributed by atoms with Crippen molar-refractivity contribution in [3.05, 3.63) is 201 Å². The molecule has 0 fully saturated rings. The quantitative estimate of drug-likeness (QED) is 0.146. The molecule has 0 saturated carbocycles. The van der Waals surface area contributed by atoms with Crippen molar-refractivity contribution >= 4 is 11.8 Å². The molecule has 0 unspecified atom stereocenters. The van der Waals surface area contributed by atoms with E-state index in [0.717, 1.165) is 33.8 Å². The van der Waals surface area contributed by atoms with Crippen molar-refractivity contribution in [2.24, 2.45) is 0 Å². The molecule has 2 N–H and O–H groups in total. The zero-order chi connectivity index (χ0) is 30.8. The van der Waals surface area contributed by atoms with Gasteiger partial charge in [0, 0.05) is 37.2 Å². The third kappa shape index (κ3) is 8.26. The topological polar surface area (TPSA) is 40.5 Å². The normalized spacial score (nSPS) is 11.0. The monoisotopic (exact) mass is 606 g/mol. The van der Waals surface area contributed by atoms with Crippen LogP contribution in [0.5, 0.6) is 11.5 Å². The van der Waals surface area contributed by atoms with Crippen molar-refractivity contribution in [1.29, 1.82) is 0 Å². The molecule has 0 aromatic heterocycles. The summed E-state index contributed by atoms with van der Waals surface area (Å²) in [7, 11) is 0. The summed E-state index contributed by atoms with van der Waals surface area (Å²) in [5.41, 5.74) is 11.0. The molecule has 0 aliphatic rings. The molecule has 6 aromatic carbocycles. The number of hydrogen-bond acceptors (Lipinski definition) is 3.